The van der Waals surface area contributed by atoms with Crippen LogP contribution in [0.3, 0.4) is 0 Å². The third-order valence-corrected chi connectivity index (χ3v) is 2.25. The quantitative estimate of drug-likeness (QED) is 0.834. The third kappa shape index (κ3) is 2.52. The Morgan fingerprint density at radius 3 is 2.80 bits per heavy atom. The van der Waals surface area contributed by atoms with Crippen LogP contribution in [0.4, 0.5) is 9.18 Å². The molecule has 1 aliphatic heterocycles. The molecule has 3 nitrogen and oxygen atoms in total. The van der Waals surface area contributed by atoms with Crippen LogP contribution in [0, 0.1) is 5.82 Å². The van der Waals surface area contributed by atoms with Crippen molar-refractivity contribution in [2.24, 2.45) is 0 Å². The molecule has 0 saturated carbocycles. The molecular weight excluding hydrogens is 244 g/mol. The summed E-state index contributed by atoms with van der Waals surface area (Å²) in [6.07, 6.45) is -0.524. The molecule has 82 valence electrons. The highest BCUT2D eigenvalue weighted by Crippen LogP contribution is 2.23. The number of alkyl carbamates (subject to hydrolysis) is 1. The summed E-state index contributed by atoms with van der Waals surface area (Å²) < 4.78 is 18.0. The number of amides is 1. The van der Waals surface area contributed by atoms with Crippen LogP contribution in [-0.2, 0) is 4.74 Å². The first-order valence-corrected chi connectivity index (χ1v) is 4.43. The van der Waals surface area contributed by atoms with E-state index in [1.54, 1.807) is 6.07 Å². The first-order chi connectivity index (χ1) is 6.66. The van der Waals surface area contributed by atoms with Crippen molar-refractivity contribution in [3.05, 3.63) is 34.6 Å². The molecule has 0 radical (unpaired) electrons. The van der Waals surface area contributed by atoms with Crippen molar-refractivity contribution in [2.45, 2.75) is 6.04 Å². The standard InChI is InChI=1S/C9H7ClFNO2.ClH/c10-5-1-2-6(7(11)3-5)8-4-14-9(13)12-8;/h1-3,8H,4H2,(H,12,13);1H/t8-;/m0./s1. The van der Waals surface area contributed by atoms with Crippen molar-refractivity contribution >= 4 is 30.1 Å². The molecule has 1 aromatic rings. The Kier molecular flexibility index (Phi) is 3.77. The van der Waals surface area contributed by atoms with Gasteiger partial charge in [0.15, 0.2) is 0 Å². The molecule has 6 heteroatoms. The lowest BCUT2D eigenvalue weighted by atomic mass is 10.1. The van der Waals surface area contributed by atoms with Crippen molar-refractivity contribution in [1.29, 1.82) is 0 Å². The summed E-state index contributed by atoms with van der Waals surface area (Å²) >= 11 is 5.59. The SMILES string of the molecule is Cl.O=C1N[C@H](c2ccc(Cl)cc2F)CO1. The first-order valence-electron chi connectivity index (χ1n) is 4.05. The van der Waals surface area contributed by atoms with E-state index in [0.717, 1.165) is 0 Å². The fourth-order valence-electron chi connectivity index (χ4n) is 1.34. The molecule has 1 aliphatic rings. The molecule has 0 aliphatic carbocycles. The Bertz CT molecular complexity index is 386. The number of benzene rings is 1. The second-order valence-corrected chi connectivity index (χ2v) is 3.40. The zero-order valence-electron chi connectivity index (χ0n) is 7.50. The van der Waals surface area contributed by atoms with Gasteiger partial charge in [-0.25, -0.2) is 9.18 Å². The predicted octanol–water partition coefficient (Wildman–Crippen LogP) is 2.68. The summed E-state index contributed by atoms with van der Waals surface area (Å²) in [6.45, 7) is 0.150. The highest BCUT2D eigenvalue weighted by molar-refractivity contribution is 6.30. The molecule has 1 N–H and O–H groups in total. The highest BCUT2D eigenvalue weighted by Gasteiger charge is 2.25. The van der Waals surface area contributed by atoms with Crippen LogP contribution in [0.25, 0.3) is 0 Å². The molecule has 1 saturated heterocycles. The van der Waals surface area contributed by atoms with Gasteiger partial charge in [0, 0.05) is 10.6 Å². The molecule has 15 heavy (non-hydrogen) atoms. The van der Waals surface area contributed by atoms with E-state index >= 15 is 0 Å². The minimum atomic E-state index is -0.524. The van der Waals surface area contributed by atoms with Crippen LogP contribution in [-0.4, -0.2) is 12.7 Å². The highest BCUT2D eigenvalue weighted by atomic mass is 35.5. The number of nitrogens with one attached hydrogen (secondary N) is 1. The van der Waals surface area contributed by atoms with Gasteiger partial charge >= 0.3 is 6.09 Å². The number of carbonyl (C=O) groups is 1. The van der Waals surface area contributed by atoms with Crippen molar-refractivity contribution in [1.82, 2.24) is 5.32 Å². The van der Waals surface area contributed by atoms with Crippen molar-refractivity contribution < 1.29 is 13.9 Å². The molecule has 0 bridgehead atoms. The Morgan fingerprint density at radius 1 is 1.53 bits per heavy atom. The van der Waals surface area contributed by atoms with E-state index in [1.807, 2.05) is 0 Å². The predicted molar refractivity (Wildman–Crippen MR) is 55.9 cm³/mol. The zero-order valence-corrected chi connectivity index (χ0v) is 9.07. The molecule has 1 fully saturated rings. The Labute approximate surface area is 97.0 Å². The fraction of sp³-hybridized carbons (Fsp3) is 0.222. The van der Waals surface area contributed by atoms with Gasteiger partial charge in [0.1, 0.15) is 12.4 Å². The smallest absolute Gasteiger partial charge is 0.407 e. The average molecular weight is 252 g/mol. The largest absolute Gasteiger partial charge is 0.447 e. The third-order valence-electron chi connectivity index (χ3n) is 2.01. The number of hydrogen-bond acceptors (Lipinski definition) is 2. The van der Waals surface area contributed by atoms with Gasteiger partial charge in [-0.3, -0.25) is 0 Å². The van der Waals surface area contributed by atoms with Crippen molar-refractivity contribution in [3.8, 4) is 0 Å². The van der Waals surface area contributed by atoms with Gasteiger partial charge in [-0.05, 0) is 12.1 Å². The van der Waals surface area contributed by atoms with Crippen LogP contribution in [0.2, 0.25) is 5.02 Å². The molecule has 0 aromatic heterocycles. The number of carbonyl (C=O) groups excluding carboxylic acids is 1. The van der Waals surface area contributed by atoms with Crippen LogP contribution < -0.4 is 5.32 Å². The summed E-state index contributed by atoms with van der Waals surface area (Å²) in [5.41, 5.74) is 0.389. The van der Waals surface area contributed by atoms with Gasteiger partial charge in [-0.15, -0.1) is 12.4 Å². The Balaban J connectivity index is 0.00000112. The lowest BCUT2D eigenvalue weighted by Crippen LogP contribution is -2.19. The molecular formula is C9H8Cl2FNO2. The molecule has 0 spiro atoms. The van der Waals surface area contributed by atoms with Gasteiger partial charge in [0.2, 0.25) is 0 Å². The van der Waals surface area contributed by atoms with E-state index in [4.69, 9.17) is 11.6 Å². The van der Waals surface area contributed by atoms with E-state index < -0.39 is 18.0 Å². The maximum absolute atomic E-state index is 13.3. The van der Waals surface area contributed by atoms with Gasteiger partial charge in [0.05, 0.1) is 6.04 Å². The van der Waals surface area contributed by atoms with Crippen molar-refractivity contribution in [3.63, 3.8) is 0 Å². The Morgan fingerprint density at radius 2 is 2.27 bits per heavy atom. The van der Waals surface area contributed by atoms with Gasteiger partial charge in [-0.2, -0.15) is 0 Å². The van der Waals surface area contributed by atoms with Crippen molar-refractivity contribution in [2.75, 3.05) is 6.61 Å². The van der Waals surface area contributed by atoms with E-state index in [-0.39, 0.29) is 19.0 Å². The van der Waals surface area contributed by atoms with Crippen LogP contribution in [0.15, 0.2) is 18.2 Å². The Hall–Kier alpha value is -1.00. The summed E-state index contributed by atoms with van der Waals surface area (Å²) in [5, 5.41) is 2.82. The maximum atomic E-state index is 13.3. The normalized spacial score (nSPS) is 19.1. The minimum absolute atomic E-state index is 0. The van der Waals surface area contributed by atoms with Crippen LogP contribution in [0.5, 0.6) is 0 Å². The average Bonchev–Trinajstić information content (AvgIpc) is 2.51. The van der Waals surface area contributed by atoms with Gasteiger partial charge in [-0.1, -0.05) is 17.7 Å². The minimum Gasteiger partial charge on any atom is -0.447 e. The summed E-state index contributed by atoms with van der Waals surface area (Å²) in [6, 6.07) is 3.91. The number of halogens is 3. The lowest BCUT2D eigenvalue weighted by molar-refractivity contribution is 0.177. The summed E-state index contributed by atoms with van der Waals surface area (Å²) in [4.78, 5) is 10.7. The molecule has 1 amide bonds. The molecule has 1 aromatic carbocycles. The second-order valence-electron chi connectivity index (χ2n) is 2.96. The number of hydrogen-bond donors (Lipinski definition) is 1. The lowest BCUT2D eigenvalue weighted by Gasteiger charge is -2.08. The summed E-state index contributed by atoms with van der Waals surface area (Å²) in [5.74, 6) is -0.437. The molecule has 2 rings (SSSR count). The second kappa shape index (κ2) is 4.68. The summed E-state index contributed by atoms with van der Waals surface area (Å²) in [7, 11) is 0. The van der Waals surface area contributed by atoms with E-state index in [0.29, 0.717) is 10.6 Å². The maximum Gasteiger partial charge on any atom is 0.407 e. The monoisotopic (exact) mass is 251 g/mol. The van der Waals surface area contributed by atoms with Gasteiger partial charge < -0.3 is 10.1 Å². The van der Waals surface area contributed by atoms with Crippen LogP contribution in [0.1, 0.15) is 11.6 Å². The molecule has 1 atom stereocenters. The fourth-order valence-corrected chi connectivity index (χ4v) is 1.50. The number of cyclic esters (lactones) is 1. The van der Waals surface area contributed by atoms with Gasteiger partial charge in [0.25, 0.3) is 0 Å². The molecule has 1 heterocycles. The molecule has 0 unspecified atom stereocenters. The zero-order chi connectivity index (χ0) is 10.1. The number of ether oxygens (including phenoxy) is 1. The number of rotatable bonds is 1. The van der Waals surface area contributed by atoms with Crippen LogP contribution >= 0.6 is 24.0 Å². The van der Waals surface area contributed by atoms with E-state index in [1.165, 1.54) is 12.1 Å². The topological polar surface area (TPSA) is 38.3 Å². The first kappa shape index (κ1) is 12.1. The van der Waals surface area contributed by atoms with E-state index in [2.05, 4.69) is 10.1 Å². The van der Waals surface area contributed by atoms with E-state index in [9.17, 15) is 9.18 Å².